The summed E-state index contributed by atoms with van der Waals surface area (Å²) in [5.74, 6) is 0. The molecule has 4 aliphatic heterocycles. The maximum absolute atomic E-state index is 10.8. The maximum atomic E-state index is 10.8. The van der Waals surface area contributed by atoms with E-state index in [0.29, 0.717) is 0 Å². The third-order valence-corrected chi connectivity index (χ3v) is 9.76. The summed E-state index contributed by atoms with van der Waals surface area (Å²) in [7, 11) is 0. The lowest BCUT2D eigenvalue weighted by molar-refractivity contribution is -0.265. The smallest absolute Gasteiger partial charge is 0.0924 e. The van der Waals surface area contributed by atoms with Crippen LogP contribution in [0.3, 0.4) is 0 Å². The molecule has 0 aliphatic carbocycles. The normalized spacial score (nSPS) is 47.9. The molecule has 4 saturated heterocycles. The zero-order valence-corrected chi connectivity index (χ0v) is 24.1. The van der Waals surface area contributed by atoms with Gasteiger partial charge in [-0.3, -0.25) is 0 Å². The highest BCUT2D eigenvalue weighted by molar-refractivity contribution is 5.06. The van der Waals surface area contributed by atoms with Gasteiger partial charge >= 0.3 is 0 Å². The first-order valence-electron chi connectivity index (χ1n) is 14.3. The average molecular weight is 509 g/mol. The van der Waals surface area contributed by atoms with Crippen LogP contribution in [0.1, 0.15) is 120 Å². The predicted molar refractivity (Wildman–Crippen MR) is 141 cm³/mol. The summed E-state index contributed by atoms with van der Waals surface area (Å²) in [4.78, 5) is 0. The molecule has 0 aromatic rings. The Balaban J connectivity index is 1.38. The van der Waals surface area contributed by atoms with E-state index in [2.05, 4.69) is 47.6 Å². The van der Waals surface area contributed by atoms with Gasteiger partial charge in [0.05, 0.1) is 58.5 Å². The summed E-state index contributed by atoms with van der Waals surface area (Å²) in [5, 5.41) is 21.3. The molecule has 4 fully saturated rings. The Labute approximate surface area is 219 Å². The van der Waals surface area contributed by atoms with Gasteiger partial charge in [0, 0.05) is 0 Å². The molecule has 9 atom stereocenters. The van der Waals surface area contributed by atoms with Crippen molar-refractivity contribution in [1.82, 2.24) is 0 Å². The fourth-order valence-corrected chi connectivity index (χ4v) is 7.13. The second kappa shape index (κ2) is 9.91. The van der Waals surface area contributed by atoms with Gasteiger partial charge in [0.15, 0.2) is 0 Å². The number of hydrogen-bond donors (Lipinski definition) is 2. The first-order chi connectivity index (χ1) is 16.6. The van der Waals surface area contributed by atoms with Crippen molar-refractivity contribution < 1.29 is 29.2 Å². The molecule has 0 spiro atoms. The quantitative estimate of drug-likeness (QED) is 0.435. The van der Waals surface area contributed by atoms with Crippen LogP contribution in [0.15, 0.2) is 11.6 Å². The van der Waals surface area contributed by atoms with Crippen LogP contribution in [0.2, 0.25) is 0 Å². The Hall–Kier alpha value is -0.500. The minimum absolute atomic E-state index is 0.00450. The van der Waals surface area contributed by atoms with E-state index in [-0.39, 0.29) is 35.6 Å². The highest BCUT2D eigenvalue weighted by atomic mass is 16.6. The number of aliphatic hydroxyl groups excluding tert-OH is 1. The van der Waals surface area contributed by atoms with Crippen molar-refractivity contribution in [3.63, 3.8) is 0 Å². The summed E-state index contributed by atoms with van der Waals surface area (Å²) in [6, 6.07) is 0. The molecule has 0 bridgehead atoms. The van der Waals surface area contributed by atoms with Gasteiger partial charge in [0.25, 0.3) is 0 Å². The van der Waals surface area contributed by atoms with Gasteiger partial charge in [-0.15, -0.1) is 0 Å². The lowest BCUT2D eigenvalue weighted by Crippen LogP contribution is -2.58. The lowest BCUT2D eigenvalue weighted by Gasteiger charge is -2.50. The van der Waals surface area contributed by atoms with Crippen LogP contribution >= 0.6 is 0 Å². The number of hydrogen-bond acceptors (Lipinski definition) is 6. The summed E-state index contributed by atoms with van der Waals surface area (Å²) >= 11 is 0. The first kappa shape index (κ1) is 28.5. The standard InChI is InChI=1S/C30H52O6/c1-20(2)10-9-16-27(5)21(31)13-17-30(8,36-27)24-12-11-23(33-24)28(6)19-15-25(35-28)29(7)18-14-22(34-29)26(3,4)32/h10,21-25,31-32H,9,11-19H2,1-8H3/t21-,22-,23-,24-,25-,27+,28+,29+,30+/m0/s1. The van der Waals surface area contributed by atoms with E-state index < -0.39 is 22.9 Å². The summed E-state index contributed by atoms with van der Waals surface area (Å²) in [5.41, 5.74) is -1.25. The SMILES string of the molecule is CC(C)=CCC[C@@]1(C)O[C@@](C)([C@@H]2CC[C@@H]([C@@]3(C)CC[C@@H]([C@@]4(C)CC[C@@H](C(C)(C)O)O4)O3)O2)CC[C@@H]1O. The van der Waals surface area contributed by atoms with Crippen LogP contribution in [0.4, 0.5) is 0 Å². The molecule has 0 saturated carbocycles. The van der Waals surface area contributed by atoms with Gasteiger partial charge < -0.3 is 29.2 Å². The third kappa shape index (κ3) is 5.60. The minimum atomic E-state index is -0.843. The third-order valence-electron chi connectivity index (χ3n) is 9.76. The predicted octanol–water partition coefficient (Wildman–Crippen LogP) is 5.62. The fourth-order valence-electron chi connectivity index (χ4n) is 7.13. The van der Waals surface area contributed by atoms with Crippen LogP contribution < -0.4 is 0 Å². The Morgan fingerprint density at radius 2 is 1.42 bits per heavy atom. The molecule has 4 rings (SSSR count). The molecule has 0 radical (unpaired) electrons. The minimum Gasteiger partial charge on any atom is -0.390 e. The molecule has 0 unspecified atom stereocenters. The van der Waals surface area contributed by atoms with Crippen molar-refractivity contribution in [2.24, 2.45) is 0 Å². The van der Waals surface area contributed by atoms with E-state index >= 15 is 0 Å². The van der Waals surface area contributed by atoms with E-state index in [1.54, 1.807) is 0 Å². The van der Waals surface area contributed by atoms with Crippen molar-refractivity contribution in [3.8, 4) is 0 Å². The molecule has 36 heavy (non-hydrogen) atoms. The molecule has 2 N–H and O–H groups in total. The monoisotopic (exact) mass is 508 g/mol. The summed E-state index contributed by atoms with van der Waals surface area (Å²) < 4.78 is 26.7. The molecule has 208 valence electrons. The number of ether oxygens (including phenoxy) is 4. The highest BCUT2D eigenvalue weighted by Crippen LogP contribution is 2.50. The van der Waals surface area contributed by atoms with Crippen molar-refractivity contribution >= 4 is 0 Å². The number of allylic oxidation sites excluding steroid dienone is 2. The van der Waals surface area contributed by atoms with Gasteiger partial charge in [-0.1, -0.05) is 11.6 Å². The molecule has 0 amide bonds. The van der Waals surface area contributed by atoms with E-state index in [4.69, 9.17) is 18.9 Å². The van der Waals surface area contributed by atoms with E-state index in [1.165, 1.54) is 5.57 Å². The van der Waals surface area contributed by atoms with Crippen molar-refractivity contribution in [2.75, 3.05) is 0 Å². The second-order valence-corrected chi connectivity index (χ2v) is 13.9. The van der Waals surface area contributed by atoms with Crippen molar-refractivity contribution in [2.45, 2.75) is 178 Å². The van der Waals surface area contributed by atoms with Gasteiger partial charge in [0.2, 0.25) is 0 Å². The highest BCUT2D eigenvalue weighted by Gasteiger charge is 2.57. The molecular formula is C30H52O6. The molecule has 4 heterocycles. The second-order valence-electron chi connectivity index (χ2n) is 13.9. The Kier molecular flexibility index (Phi) is 7.85. The molecular weight excluding hydrogens is 456 g/mol. The van der Waals surface area contributed by atoms with Gasteiger partial charge in [-0.05, 0) is 120 Å². The van der Waals surface area contributed by atoms with Gasteiger partial charge in [-0.25, -0.2) is 0 Å². The molecule has 6 nitrogen and oxygen atoms in total. The fraction of sp³-hybridized carbons (Fsp3) is 0.933. The van der Waals surface area contributed by atoms with Crippen LogP contribution in [0, 0.1) is 0 Å². The molecule has 4 aliphatic rings. The summed E-state index contributed by atoms with van der Waals surface area (Å²) in [6.45, 7) is 16.5. The Morgan fingerprint density at radius 3 is 2.03 bits per heavy atom. The van der Waals surface area contributed by atoms with Crippen LogP contribution in [-0.4, -0.2) is 68.7 Å². The topological polar surface area (TPSA) is 77.4 Å². The van der Waals surface area contributed by atoms with Crippen LogP contribution in [0.25, 0.3) is 0 Å². The van der Waals surface area contributed by atoms with Crippen molar-refractivity contribution in [1.29, 1.82) is 0 Å². The van der Waals surface area contributed by atoms with Crippen molar-refractivity contribution in [3.05, 3.63) is 11.6 Å². The number of aliphatic hydroxyl groups is 2. The molecule has 6 heteroatoms. The van der Waals surface area contributed by atoms with Gasteiger partial charge in [0.1, 0.15) is 0 Å². The van der Waals surface area contributed by atoms with E-state index in [0.717, 1.165) is 64.2 Å². The maximum Gasteiger partial charge on any atom is 0.0924 e. The molecule has 0 aromatic heterocycles. The largest absolute Gasteiger partial charge is 0.390 e. The lowest BCUT2D eigenvalue weighted by atomic mass is 9.79. The van der Waals surface area contributed by atoms with Crippen LogP contribution in [-0.2, 0) is 18.9 Å². The van der Waals surface area contributed by atoms with Crippen LogP contribution in [0.5, 0.6) is 0 Å². The zero-order chi connectivity index (χ0) is 26.6. The molecule has 0 aromatic carbocycles. The van der Waals surface area contributed by atoms with E-state index in [9.17, 15) is 10.2 Å². The zero-order valence-electron chi connectivity index (χ0n) is 24.1. The van der Waals surface area contributed by atoms with Gasteiger partial charge in [-0.2, -0.15) is 0 Å². The Morgan fingerprint density at radius 1 is 0.833 bits per heavy atom. The number of rotatable bonds is 7. The van der Waals surface area contributed by atoms with E-state index in [1.807, 2.05) is 13.8 Å². The summed E-state index contributed by atoms with van der Waals surface area (Å²) in [6.07, 6.45) is 10.4. The first-order valence-corrected chi connectivity index (χ1v) is 14.3. The Bertz CT molecular complexity index is 817. The average Bonchev–Trinajstić information content (AvgIpc) is 3.50.